The van der Waals surface area contributed by atoms with Crippen molar-refractivity contribution in [2.24, 2.45) is 0 Å². The van der Waals surface area contributed by atoms with Crippen LogP contribution in [0.4, 0.5) is 4.79 Å². The van der Waals surface area contributed by atoms with E-state index in [0.717, 1.165) is 18.7 Å². The van der Waals surface area contributed by atoms with Crippen LogP contribution in [0.3, 0.4) is 0 Å². The lowest BCUT2D eigenvalue weighted by molar-refractivity contribution is 0.0579. The molecule has 0 bridgehead atoms. The maximum absolute atomic E-state index is 11.8. The minimum atomic E-state index is -1.17. The van der Waals surface area contributed by atoms with Gasteiger partial charge in [0.1, 0.15) is 17.1 Å². The van der Waals surface area contributed by atoms with Crippen LogP contribution in [0, 0.1) is 13.8 Å². The van der Waals surface area contributed by atoms with Crippen molar-refractivity contribution < 1.29 is 14.3 Å². The minimum Gasteiger partial charge on any atom is -0.466 e. The molecule has 0 saturated heterocycles. The highest BCUT2D eigenvalue weighted by atomic mass is 16.3. The number of aryl methyl sites for hydroxylation is 3. The lowest BCUT2D eigenvalue weighted by Crippen LogP contribution is -2.43. The van der Waals surface area contributed by atoms with Crippen LogP contribution in [-0.2, 0) is 12.1 Å². The van der Waals surface area contributed by atoms with Crippen LogP contribution in [0.1, 0.15) is 30.4 Å². The Morgan fingerprint density at radius 1 is 1.43 bits per heavy atom. The third-order valence-corrected chi connectivity index (χ3v) is 3.65. The third-order valence-electron chi connectivity index (χ3n) is 3.65. The molecule has 2 amide bonds. The van der Waals surface area contributed by atoms with Crippen LogP contribution in [0.25, 0.3) is 0 Å². The average Bonchev–Trinajstić information content (AvgIpc) is 3.11. The summed E-state index contributed by atoms with van der Waals surface area (Å²) in [6.45, 7) is 6.74. The summed E-state index contributed by atoms with van der Waals surface area (Å²) >= 11 is 0. The zero-order chi connectivity index (χ0) is 16.9. The largest absolute Gasteiger partial charge is 0.466 e. The normalized spacial score (nSPS) is 13.6. The van der Waals surface area contributed by atoms with Gasteiger partial charge in [0.05, 0.1) is 12.9 Å². The van der Waals surface area contributed by atoms with Gasteiger partial charge in [-0.05, 0) is 33.3 Å². The predicted octanol–water partition coefficient (Wildman–Crippen LogP) is 1.69. The Labute approximate surface area is 135 Å². The van der Waals surface area contributed by atoms with Gasteiger partial charge in [0, 0.05) is 31.0 Å². The third kappa shape index (κ3) is 4.85. The Balaban J connectivity index is 1.72. The van der Waals surface area contributed by atoms with Crippen molar-refractivity contribution in [3.63, 3.8) is 0 Å². The molecule has 1 unspecified atom stereocenters. The van der Waals surface area contributed by atoms with Gasteiger partial charge >= 0.3 is 6.03 Å². The smallest absolute Gasteiger partial charge is 0.314 e. The van der Waals surface area contributed by atoms with Crippen LogP contribution in [-0.4, -0.2) is 33.8 Å². The molecule has 2 aromatic rings. The molecular weight excluding hydrogens is 296 g/mol. The van der Waals surface area contributed by atoms with E-state index in [1.54, 1.807) is 32.4 Å². The van der Waals surface area contributed by atoms with E-state index in [0.29, 0.717) is 17.9 Å². The van der Waals surface area contributed by atoms with Crippen molar-refractivity contribution in [1.29, 1.82) is 0 Å². The maximum Gasteiger partial charge on any atom is 0.314 e. The van der Waals surface area contributed by atoms with Gasteiger partial charge in [-0.1, -0.05) is 0 Å². The number of imidazole rings is 1. The van der Waals surface area contributed by atoms with Crippen molar-refractivity contribution >= 4 is 6.03 Å². The lowest BCUT2D eigenvalue weighted by Gasteiger charge is -2.23. The number of urea groups is 1. The fraction of sp³-hybridized carbons (Fsp3) is 0.500. The number of carbonyl (C=O) groups is 1. The molecule has 0 aromatic carbocycles. The molecule has 0 saturated carbocycles. The number of aliphatic hydroxyl groups is 1. The summed E-state index contributed by atoms with van der Waals surface area (Å²) in [6, 6.07) is 1.49. The van der Waals surface area contributed by atoms with E-state index in [1.807, 2.05) is 17.7 Å². The minimum absolute atomic E-state index is 0.111. The summed E-state index contributed by atoms with van der Waals surface area (Å²) < 4.78 is 7.38. The Morgan fingerprint density at radius 3 is 2.83 bits per heavy atom. The molecule has 7 nitrogen and oxygen atoms in total. The molecule has 1 atom stereocenters. The van der Waals surface area contributed by atoms with E-state index in [4.69, 9.17) is 4.42 Å². The second kappa shape index (κ2) is 7.32. The zero-order valence-corrected chi connectivity index (χ0v) is 13.8. The first-order chi connectivity index (χ1) is 10.9. The molecule has 0 aliphatic carbocycles. The Hall–Kier alpha value is -2.28. The van der Waals surface area contributed by atoms with Crippen molar-refractivity contribution in [2.45, 2.75) is 39.3 Å². The Morgan fingerprint density at radius 2 is 2.22 bits per heavy atom. The standard InChI is InChI=1S/C16H24N4O3/c1-12-9-14(13(2)23-12)16(3,22)10-19-15(21)18-5-4-7-20-8-6-17-11-20/h6,8-9,11,22H,4-5,7,10H2,1-3H3,(H2,18,19,21). The summed E-state index contributed by atoms with van der Waals surface area (Å²) in [5, 5.41) is 16.0. The monoisotopic (exact) mass is 320 g/mol. The van der Waals surface area contributed by atoms with Crippen molar-refractivity contribution in [3.8, 4) is 0 Å². The zero-order valence-electron chi connectivity index (χ0n) is 13.8. The number of nitrogens with one attached hydrogen (secondary N) is 2. The van der Waals surface area contributed by atoms with E-state index >= 15 is 0 Å². The van der Waals surface area contributed by atoms with E-state index in [9.17, 15) is 9.90 Å². The molecule has 2 rings (SSSR count). The van der Waals surface area contributed by atoms with Crippen LogP contribution in [0.2, 0.25) is 0 Å². The number of carbonyl (C=O) groups excluding carboxylic acids is 1. The molecule has 2 aromatic heterocycles. The highest BCUT2D eigenvalue weighted by molar-refractivity contribution is 5.73. The Kier molecular flexibility index (Phi) is 5.44. The number of aromatic nitrogens is 2. The van der Waals surface area contributed by atoms with Gasteiger partial charge in [0.15, 0.2) is 0 Å². The molecule has 0 aliphatic rings. The lowest BCUT2D eigenvalue weighted by atomic mass is 9.96. The molecule has 126 valence electrons. The van der Waals surface area contributed by atoms with E-state index in [1.165, 1.54) is 0 Å². The molecule has 0 spiro atoms. The second-order valence-electron chi connectivity index (χ2n) is 5.86. The summed E-state index contributed by atoms with van der Waals surface area (Å²) in [7, 11) is 0. The Bertz CT molecular complexity index is 632. The first-order valence-electron chi connectivity index (χ1n) is 7.66. The van der Waals surface area contributed by atoms with Crippen LogP contribution >= 0.6 is 0 Å². The van der Waals surface area contributed by atoms with Gasteiger partial charge in [-0.25, -0.2) is 9.78 Å². The summed E-state index contributed by atoms with van der Waals surface area (Å²) in [4.78, 5) is 15.8. The van der Waals surface area contributed by atoms with Gasteiger partial charge in [-0.2, -0.15) is 0 Å². The second-order valence-corrected chi connectivity index (χ2v) is 5.86. The van der Waals surface area contributed by atoms with Crippen LogP contribution in [0.15, 0.2) is 29.2 Å². The van der Waals surface area contributed by atoms with E-state index in [-0.39, 0.29) is 12.6 Å². The number of hydrogen-bond acceptors (Lipinski definition) is 4. The number of rotatable bonds is 7. The van der Waals surface area contributed by atoms with Gasteiger partial charge in [-0.3, -0.25) is 0 Å². The first kappa shape index (κ1) is 17.1. The molecule has 23 heavy (non-hydrogen) atoms. The molecular formula is C16H24N4O3. The SMILES string of the molecule is Cc1cc(C(C)(O)CNC(=O)NCCCn2ccnc2)c(C)o1. The topological polar surface area (TPSA) is 92.3 Å². The fourth-order valence-electron chi connectivity index (χ4n) is 2.46. The van der Waals surface area contributed by atoms with Gasteiger partial charge in [-0.15, -0.1) is 0 Å². The van der Waals surface area contributed by atoms with E-state index < -0.39 is 5.60 Å². The first-order valence-corrected chi connectivity index (χ1v) is 7.66. The highest BCUT2D eigenvalue weighted by Gasteiger charge is 2.28. The van der Waals surface area contributed by atoms with Crippen molar-refractivity contribution in [1.82, 2.24) is 20.2 Å². The predicted molar refractivity (Wildman–Crippen MR) is 86.0 cm³/mol. The average molecular weight is 320 g/mol. The molecule has 2 heterocycles. The summed E-state index contributed by atoms with van der Waals surface area (Å²) in [5.41, 5.74) is -0.480. The fourth-order valence-corrected chi connectivity index (χ4v) is 2.46. The quantitative estimate of drug-likeness (QED) is 0.677. The summed E-state index contributed by atoms with van der Waals surface area (Å²) in [6.07, 6.45) is 6.15. The van der Waals surface area contributed by atoms with Gasteiger partial charge in [0.25, 0.3) is 0 Å². The highest BCUT2D eigenvalue weighted by Crippen LogP contribution is 2.26. The van der Waals surface area contributed by atoms with Gasteiger partial charge < -0.3 is 24.7 Å². The van der Waals surface area contributed by atoms with Crippen molar-refractivity contribution in [3.05, 3.63) is 41.9 Å². The molecule has 3 N–H and O–H groups in total. The summed E-state index contributed by atoms with van der Waals surface area (Å²) in [5.74, 6) is 1.40. The van der Waals surface area contributed by atoms with Crippen molar-refractivity contribution in [2.75, 3.05) is 13.1 Å². The number of furan rings is 1. The number of amides is 2. The van der Waals surface area contributed by atoms with Crippen LogP contribution in [0.5, 0.6) is 0 Å². The van der Waals surface area contributed by atoms with E-state index in [2.05, 4.69) is 15.6 Å². The molecule has 0 fully saturated rings. The molecule has 7 heteroatoms. The maximum atomic E-state index is 11.8. The van der Waals surface area contributed by atoms with Gasteiger partial charge in [0.2, 0.25) is 0 Å². The number of hydrogen-bond donors (Lipinski definition) is 3. The number of nitrogens with zero attached hydrogens (tertiary/aromatic N) is 2. The van der Waals surface area contributed by atoms with Crippen LogP contribution < -0.4 is 10.6 Å². The molecule has 0 aliphatic heterocycles. The molecule has 0 radical (unpaired) electrons.